The third kappa shape index (κ3) is 3.48. The molecule has 0 aliphatic rings. The van der Waals surface area contributed by atoms with Crippen LogP contribution < -0.4 is 16.6 Å². The highest BCUT2D eigenvalue weighted by atomic mass is 16.2. The van der Waals surface area contributed by atoms with Crippen LogP contribution in [0.1, 0.15) is 11.1 Å². The molecule has 0 saturated carbocycles. The fraction of sp³-hybridized carbons (Fsp3) is 0.133. The van der Waals surface area contributed by atoms with Crippen molar-refractivity contribution in [2.75, 3.05) is 11.1 Å². The zero-order valence-corrected chi connectivity index (χ0v) is 11.5. The maximum Gasteiger partial charge on any atom is 0.251 e. The lowest BCUT2D eigenvalue weighted by atomic mass is 10.1. The number of nitrogens with one attached hydrogen (secondary N) is 1. The molecule has 1 aromatic carbocycles. The average molecular weight is 282 g/mol. The van der Waals surface area contributed by atoms with Crippen molar-refractivity contribution >= 4 is 17.3 Å². The highest BCUT2D eigenvalue weighted by Gasteiger charge is 2.08. The monoisotopic (exact) mass is 282 g/mol. The predicted molar refractivity (Wildman–Crippen MR) is 79.6 cm³/mol. The van der Waals surface area contributed by atoms with Gasteiger partial charge in [-0.1, -0.05) is 6.07 Å². The van der Waals surface area contributed by atoms with Gasteiger partial charge in [-0.15, -0.1) is 0 Å². The average Bonchev–Trinajstić information content (AvgIpc) is 2.45. The first-order valence-corrected chi connectivity index (χ1v) is 6.26. The van der Waals surface area contributed by atoms with Crippen LogP contribution >= 0.6 is 0 Å². The molecule has 0 saturated heterocycles. The molecule has 2 rings (SSSR count). The third-order valence-electron chi connectivity index (χ3n) is 2.96. The second kappa shape index (κ2) is 5.92. The van der Waals surface area contributed by atoms with E-state index >= 15 is 0 Å². The van der Waals surface area contributed by atoms with Crippen LogP contribution in [0.2, 0.25) is 0 Å². The summed E-state index contributed by atoms with van der Waals surface area (Å²) < 4.78 is 1.23. The number of anilines is 2. The van der Waals surface area contributed by atoms with Crippen molar-refractivity contribution in [1.29, 1.82) is 5.26 Å². The number of nitrogens with zero attached hydrogens (tertiary/aromatic N) is 2. The molecule has 6 heteroatoms. The molecule has 3 N–H and O–H groups in total. The van der Waals surface area contributed by atoms with Crippen LogP contribution in [0.15, 0.2) is 41.3 Å². The van der Waals surface area contributed by atoms with Crippen molar-refractivity contribution < 1.29 is 4.79 Å². The Hall–Kier alpha value is -3.07. The molecule has 1 amide bonds. The lowest BCUT2D eigenvalue weighted by Crippen LogP contribution is -2.27. The first-order valence-electron chi connectivity index (χ1n) is 6.26. The van der Waals surface area contributed by atoms with Crippen LogP contribution in [0.5, 0.6) is 0 Å². The van der Waals surface area contributed by atoms with Crippen LogP contribution in [0.25, 0.3) is 0 Å². The minimum Gasteiger partial charge on any atom is -0.398 e. The fourth-order valence-corrected chi connectivity index (χ4v) is 1.84. The SMILES string of the molecule is Cc1ccc(C#N)cc1NC(=O)Cn1cc(N)ccc1=O. The Labute approximate surface area is 121 Å². The van der Waals surface area contributed by atoms with Gasteiger partial charge in [0.15, 0.2) is 0 Å². The Morgan fingerprint density at radius 3 is 2.86 bits per heavy atom. The highest BCUT2D eigenvalue weighted by molar-refractivity contribution is 5.91. The molecule has 0 aliphatic heterocycles. The molecule has 0 bridgehead atoms. The summed E-state index contributed by atoms with van der Waals surface area (Å²) in [5.41, 5.74) is 7.54. The number of benzene rings is 1. The van der Waals surface area contributed by atoms with E-state index < -0.39 is 0 Å². The van der Waals surface area contributed by atoms with Crippen LogP contribution in [0, 0.1) is 18.3 Å². The van der Waals surface area contributed by atoms with Crippen molar-refractivity contribution in [3.05, 3.63) is 58.0 Å². The van der Waals surface area contributed by atoms with Gasteiger partial charge in [0.05, 0.1) is 11.6 Å². The van der Waals surface area contributed by atoms with Gasteiger partial charge < -0.3 is 15.6 Å². The number of nitriles is 1. The van der Waals surface area contributed by atoms with Gasteiger partial charge in [-0.2, -0.15) is 5.26 Å². The fourth-order valence-electron chi connectivity index (χ4n) is 1.84. The largest absolute Gasteiger partial charge is 0.398 e. The lowest BCUT2D eigenvalue weighted by Gasteiger charge is -2.10. The predicted octanol–water partition coefficient (Wildman–Crippen LogP) is 1.25. The summed E-state index contributed by atoms with van der Waals surface area (Å²) >= 11 is 0. The van der Waals surface area contributed by atoms with E-state index in [4.69, 9.17) is 11.0 Å². The number of amides is 1. The van der Waals surface area contributed by atoms with Crippen molar-refractivity contribution in [2.24, 2.45) is 0 Å². The van der Waals surface area contributed by atoms with Crippen molar-refractivity contribution in [2.45, 2.75) is 13.5 Å². The zero-order chi connectivity index (χ0) is 15.4. The van der Waals surface area contributed by atoms with E-state index in [1.54, 1.807) is 18.2 Å². The molecule has 0 radical (unpaired) electrons. The Bertz CT molecular complexity index is 787. The van der Waals surface area contributed by atoms with Gasteiger partial charge in [-0.3, -0.25) is 9.59 Å². The van der Waals surface area contributed by atoms with Crippen LogP contribution in [-0.2, 0) is 11.3 Å². The number of aromatic nitrogens is 1. The van der Waals surface area contributed by atoms with E-state index in [1.807, 2.05) is 13.0 Å². The molecule has 1 aromatic heterocycles. The van der Waals surface area contributed by atoms with E-state index in [1.165, 1.54) is 22.9 Å². The molecule has 2 aromatic rings. The molecule has 0 spiro atoms. The maximum atomic E-state index is 12.0. The lowest BCUT2D eigenvalue weighted by molar-refractivity contribution is -0.116. The number of pyridine rings is 1. The van der Waals surface area contributed by atoms with Crippen LogP contribution in [-0.4, -0.2) is 10.5 Å². The van der Waals surface area contributed by atoms with Gasteiger partial charge in [0.25, 0.3) is 5.56 Å². The van der Waals surface area contributed by atoms with E-state index in [-0.39, 0.29) is 18.0 Å². The zero-order valence-electron chi connectivity index (χ0n) is 11.5. The number of hydrogen-bond acceptors (Lipinski definition) is 4. The number of hydrogen-bond donors (Lipinski definition) is 2. The second-order valence-electron chi connectivity index (χ2n) is 4.62. The number of rotatable bonds is 3. The summed E-state index contributed by atoms with van der Waals surface area (Å²) in [5, 5.41) is 11.6. The standard InChI is InChI=1S/C15H14N4O2/c1-10-2-3-11(7-16)6-13(10)18-14(20)9-19-8-12(17)4-5-15(19)21/h2-6,8H,9,17H2,1H3,(H,18,20). The third-order valence-corrected chi connectivity index (χ3v) is 2.96. The highest BCUT2D eigenvalue weighted by Crippen LogP contribution is 2.16. The maximum absolute atomic E-state index is 12.0. The van der Waals surface area contributed by atoms with Crippen molar-refractivity contribution in [3.8, 4) is 6.07 Å². The minimum absolute atomic E-state index is 0.139. The van der Waals surface area contributed by atoms with E-state index in [0.29, 0.717) is 16.9 Å². The summed E-state index contributed by atoms with van der Waals surface area (Å²) in [6, 6.07) is 9.82. The van der Waals surface area contributed by atoms with Gasteiger partial charge in [0.2, 0.25) is 5.91 Å². The van der Waals surface area contributed by atoms with Gasteiger partial charge in [0, 0.05) is 23.6 Å². The smallest absolute Gasteiger partial charge is 0.251 e. The molecule has 6 nitrogen and oxygen atoms in total. The van der Waals surface area contributed by atoms with E-state index in [0.717, 1.165) is 5.56 Å². The minimum atomic E-state index is -0.360. The first-order chi connectivity index (χ1) is 9.99. The molecule has 0 fully saturated rings. The number of aryl methyl sites for hydroxylation is 1. The Morgan fingerprint density at radius 2 is 2.14 bits per heavy atom. The molecule has 0 unspecified atom stereocenters. The summed E-state index contributed by atoms with van der Waals surface area (Å²) in [4.78, 5) is 23.6. The van der Waals surface area contributed by atoms with Gasteiger partial charge in [-0.25, -0.2) is 0 Å². The normalized spacial score (nSPS) is 9.90. The summed E-state index contributed by atoms with van der Waals surface area (Å²) in [7, 11) is 0. The van der Waals surface area contributed by atoms with Crippen LogP contribution in [0.3, 0.4) is 0 Å². The molecule has 0 atom stereocenters. The molecule has 106 valence electrons. The van der Waals surface area contributed by atoms with Crippen LogP contribution in [0.4, 0.5) is 11.4 Å². The quantitative estimate of drug-likeness (QED) is 0.884. The molecular formula is C15H14N4O2. The number of nitrogen functional groups attached to an aromatic ring is 1. The number of carbonyl (C=O) groups is 1. The van der Waals surface area contributed by atoms with Gasteiger partial charge in [-0.05, 0) is 30.7 Å². The summed E-state index contributed by atoms with van der Waals surface area (Å²) in [6.45, 7) is 1.68. The first kappa shape index (κ1) is 14.3. The van der Waals surface area contributed by atoms with E-state index in [9.17, 15) is 9.59 Å². The van der Waals surface area contributed by atoms with Crippen molar-refractivity contribution in [3.63, 3.8) is 0 Å². The Kier molecular flexibility index (Phi) is 4.05. The summed E-state index contributed by atoms with van der Waals surface area (Å²) in [5.74, 6) is -0.360. The van der Waals surface area contributed by atoms with Gasteiger partial charge in [0.1, 0.15) is 6.54 Å². The van der Waals surface area contributed by atoms with E-state index in [2.05, 4.69) is 5.32 Å². The molecular weight excluding hydrogens is 268 g/mol. The number of nitrogens with two attached hydrogens (primary N) is 1. The number of carbonyl (C=O) groups excluding carboxylic acids is 1. The topological polar surface area (TPSA) is 101 Å². The second-order valence-corrected chi connectivity index (χ2v) is 4.62. The molecule has 1 heterocycles. The Balaban J connectivity index is 2.17. The van der Waals surface area contributed by atoms with Gasteiger partial charge >= 0.3 is 0 Å². The Morgan fingerprint density at radius 1 is 1.38 bits per heavy atom. The molecule has 0 aliphatic carbocycles. The summed E-state index contributed by atoms with van der Waals surface area (Å²) in [6.07, 6.45) is 1.42. The molecule has 21 heavy (non-hydrogen) atoms. The van der Waals surface area contributed by atoms with Crippen molar-refractivity contribution in [1.82, 2.24) is 4.57 Å².